The van der Waals surface area contributed by atoms with Crippen molar-refractivity contribution < 1.29 is 18.8 Å². The van der Waals surface area contributed by atoms with Crippen molar-refractivity contribution in [1.82, 2.24) is 30.1 Å². The number of halogens is 1. The quantitative estimate of drug-likeness (QED) is 0.262. The number of benzene rings is 2. The first-order chi connectivity index (χ1) is 25.3. The predicted molar refractivity (Wildman–Crippen MR) is 195 cm³/mol. The van der Waals surface area contributed by atoms with Crippen LogP contribution in [0.4, 0.5) is 27.4 Å². The Bertz CT molecular complexity index is 1990. The molecular formula is C39H42FN9O3. The van der Waals surface area contributed by atoms with Crippen LogP contribution in [0.5, 0.6) is 0 Å². The summed E-state index contributed by atoms with van der Waals surface area (Å²) < 4.78 is 15.3. The highest BCUT2D eigenvalue weighted by Gasteiger charge is 2.35. The number of piperazine rings is 1. The fourth-order valence-corrected chi connectivity index (χ4v) is 7.69. The Morgan fingerprint density at radius 3 is 2.52 bits per heavy atom. The van der Waals surface area contributed by atoms with Crippen LogP contribution in [0.1, 0.15) is 46.7 Å². The number of hydrogen-bond acceptors (Lipinski definition) is 10. The van der Waals surface area contributed by atoms with E-state index in [1.807, 2.05) is 47.6 Å². The number of fused-ring (bicyclic) bond motifs is 1. The number of amides is 3. The number of aryl methyl sites for hydroxylation is 1. The zero-order chi connectivity index (χ0) is 35.8. The van der Waals surface area contributed by atoms with Gasteiger partial charge < -0.3 is 20.0 Å². The highest BCUT2D eigenvalue weighted by Crippen LogP contribution is 2.30. The van der Waals surface area contributed by atoms with E-state index >= 15 is 4.39 Å². The molecule has 1 unspecified atom stereocenters. The van der Waals surface area contributed by atoms with Crippen molar-refractivity contribution in [2.75, 3.05) is 60.9 Å². The van der Waals surface area contributed by atoms with E-state index in [0.717, 1.165) is 72.9 Å². The van der Waals surface area contributed by atoms with Gasteiger partial charge in [0.15, 0.2) is 0 Å². The fourth-order valence-electron chi connectivity index (χ4n) is 7.69. The van der Waals surface area contributed by atoms with Gasteiger partial charge in [0.25, 0.3) is 0 Å². The summed E-state index contributed by atoms with van der Waals surface area (Å²) in [6.07, 6.45) is 7.28. The first-order valence-corrected chi connectivity index (χ1v) is 18.0. The highest BCUT2D eigenvalue weighted by atomic mass is 19.1. The van der Waals surface area contributed by atoms with E-state index in [0.29, 0.717) is 55.7 Å². The van der Waals surface area contributed by atoms with Crippen LogP contribution in [-0.4, -0.2) is 94.3 Å². The van der Waals surface area contributed by atoms with Gasteiger partial charge in [0, 0.05) is 82.0 Å². The number of nitrogens with one attached hydrogen (secondary N) is 2. The van der Waals surface area contributed by atoms with E-state index < -0.39 is 5.82 Å². The van der Waals surface area contributed by atoms with Gasteiger partial charge in [-0.1, -0.05) is 18.2 Å². The lowest BCUT2D eigenvalue weighted by Crippen LogP contribution is -2.63. The molecule has 4 aliphatic rings. The average Bonchev–Trinajstić information content (AvgIpc) is 3.13. The van der Waals surface area contributed by atoms with Gasteiger partial charge in [0.2, 0.25) is 23.7 Å². The third-order valence-electron chi connectivity index (χ3n) is 10.9. The zero-order valence-corrected chi connectivity index (χ0v) is 29.2. The SMILES string of the molecule is Cc1ccncc1N1CCc2cnc(Nc3ccc(CC(=O)N4CCN(C5CN(c6ccc(C7CCC(=O)NC7=O)cc6)C5)CC4)c(F)c3)nc2C1. The average molecular weight is 704 g/mol. The van der Waals surface area contributed by atoms with E-state index in [2.05, 4.69) is 42.2 Å². The predicted octanol–water partition coefficient (Wildman–Crippen LogP) is 3.72. The second-order valence-corrected chi connectivity index (χ2v) is 14.2. The first-order valence-electron chi connectivity index (χ1n) is 18.0. The van der Waals surface area contributed by atoms with Gasteiger partial charge in [-0.3, -0.25) is 29.6 Å². The number of rotatable bonds is 8. The maximum Gasteiger partial charge on any atom is 0.234 e. The molecule has 0 radical (unpaired) electrons. The van der Waals surface area contributed by atoms with Crippen LogP contribution < -0.4 is 20.4 Å². The van der Waals surface area contributed by atoms with Crippen molar-refractivity contribution in [2.24, 2.45) is 0 Å². The number of carbonyl (C=O) groups excluding carboxylic acids is 3. The Morgan fingerprint density at radius 2 is 1.77 bits per heavy atom. The van der Waals surface area contributed by atoms with Crippen molar-refractivity contribution in [3.8, 4) is 0 Å². The maximum absolute atomic E-state index is 15.3. The summed E-state index contributed by atoms with van der Waals surface area (Å²) in [5.74, 6) is -0.806. The number of pyridine rings is 1. The van der Waals surface area contributed by atoms with Gasteiger partial charge in [-0.2, -0.15) is 0 Å². The second kappa shape index (κ2) is 14.3. The highest BCUT2D eigenvalue weighted by molar-refractivity contribution is 6.01. The van der Waals surface area contributed by atoms with Crippen LogP contribution in [0.2, 0.25) is 0 Å². The molecule has 4 aliphatic heterocycles. The number of hydrogen-bond donors (Lipinski definition) is 2. The molecule has 2 N–H and O–H groups in total. The summed E-state index contributed by atoms with van der Waals surface area (Å²) in [6.45, 7) is 8.18. The Kier molecular flexibility index (Phi) is 9.27. The van der Waals surface area contributed by atoms with Crippen LogP contribution >= 0.6 is 0 Å². The topological polar surface area (TPSA) is 127 Å². The summed E-state index contributed by atoms with van der Waals surface area (Å²) in [5.41, 5.74) is 7.24. The molecule has 2 aromatic heterocycles. The number of anilines is 4. The molecule has 4 aromatic rings. The molecule has 0 spiro atoms. The zero-order valence-electron chi connectivity index (χ0n) is 29.2. The lowest BCUT2D eigenvalue weighted by Gasteiger charge is -2.49. The van der Waals surface area contributed by atoms with Gasteiger partial charge in [0.1, 0.15) is 5.82 Å². The molecule has 3 saturated heterocycles. The molecule has 2 aromatic carbocycles. The lowest BCUT2D eigenvalue weighted by molar-refractivity contribution is -0.134. The minimum absolute atomic E-state index is 0.0110. The van der Waals surface area contributed by atoms with E-state index in [4.69, 9.17) is 4.98 Å². The van der Waals surface area contributed by atoms with Gasteiger partial charge in [-0.25, -0.2) is 14.4 Å². The number of piperidine rings is 1. The fraction of sp³-hybridized carbons (Fsp3) is 0.385. The van der Waals surface area contributed by atoms with E-state index in [1.165, 1.54) is 6.07 Å². The molecule has 0 bridgehead atoms. The molecule has 8 rings (SSSR count). The van der Waals surface area contributed by atoms with Gasteiger partial charge in [-0.15, -0.1) is 0 Å². The Morgan fingerprint density at radius 1 is 0.962 bits per heavy atom. The Labute approximate surface area is 302 Å². The monoisotopic (exact) mass is 703 g/mol. The van der Waals surface area contributed by atoms with Crippen molar-refractivity contribution in [3.63, 3.8) is 0 Å². The molecule has 0 aliphatic carbocycles. The largest absolute Gasteiger partial charge is 0.368 e. The molecule has 3 fully saturated rings. The number of carbonyl (C=O) groups is 3. The minimum Gasteiger partial charge on any atom is -0.368 e. The maximum atomic E-state index is 15.3. The molecular weight excluding hydrogens is 661 g/mol. The summed E-state index contributed by atoms with van der Waals surface area (Å²) in [4.78, 5) is 59.3. The summed E-state index contributed by atoms with van der Waals surface area (Å²) >= 11 is 0. The summed E-state index contributed by atoms with van der Waals surface area (Å²) in [6, 6.07) is 15.3. The van der Waals surface area contributed by atoms with Gasteiger partial charge in [-0.05, 0) is 72.4 Å². The van der Waals surface area contributed by atoms with Gasteiger partial charge in [0.05, 0.1) is 36.5 Å². The smallest absolute Gasteiger partial charge is 0.234 e. The molecule has 6 heterocycles. The van der Waals surface area contributed by atoms with Gasteiger partial charge >= 0.3 is 0 Å². The van der Waals surface area contributed by atoms with Crippen LogP contribution in [0.25, 0.3) is 0 Å². The normalized spacial score (nSPS) is 19.6. The standard InChI is InChI=1S/C39H42FN9O3/c1-25-10-12-41-21-35(25)48-13-11-28-20-42-39(44-34(28)24-48)43-29-5-2-27(33(40)19-29)18-37(51)47-16-14-46(15-17-47)31-22-49(23-31)30-6-3-26(4-7-30)32-8-9-36(50)45-38(32)52/h2-7,10,12,19-21,31-32H,8-9,11,13-18,22-24H2,1H3,(H,42,43,44)(H,45,50,52). The summed E-state index contributed by atoms with van der Waals surface area (Å²) in [5, 5.41) is 5.57. The third kappa shape index (κ3) is 7.05. The molecule has 0 saturated carbocycles. The Hall–Kier alpha value is -5.43. The molecule has 1 atom stereocenters. The molecule has 13 heteroatoms. The molecule has 52 heavy (non-hydrogen) atoms. The van der Waals surface area contributed by atoms with Crippen molar-refractivity contribution in [2.45, 2.75) is 51.1 Å². The van der Waals surface area contributed by atoms with Crippen molar-refractivity contribution in [1.29, 1.82) is 0 Å². The van der Waals surface area contributed by atoms with Crippen molar-refractivity contribution >= 4 is 40.7 Å². The molecule has 12 nitrogen and oxygen atoms in total. The Balaban J connectivity index is 0.800. The van der Waals surface area contributed by atoms with E-state index in [1.54, 1.807) is 18.3 Å². The third-order valence-corrected chi connectivity index (χ3v) is 10.9. The van der Waals surface area contributed by atoms with E-state index in [9.17, 15) is 14.4 Å². The van der Waals surface area contributed by atoms with Crippen LogP contribution in [0.3, 0.4) is 0 Å². The lowest BCUT2D eigenvalue weighted by atomic mass is 9.90. The minimum atomic E-state index is -0.437. The molecule has 268 valence electrons. The van der Waals surface area contributed by atoms with Crippen LogP contribution in [0, 0.1) is 12.7 Å². The molecule has 3 amide bonds. The van der Waals surface area contributed by atoms with Crippen molar-refractivity contribution in [3.05, 3.63) is 101 Å². The van der Waals surface area contributed by atoms with E-state index in [-0.39, 0.29) is 30.1 Å². The second-order valence-electron chi connectivity index (χ2n) is 14.2. The number of aromatic nitrogens is 3. The number of nitrogens with zero attached hydrogens (tertiary/aromatic N) is 7. The summed E-state index contributed by atoms with van der Waals surface area (Å²) in [7, 11) is 0. The first kappa shape index (κ1) is 33.7. The number of imide groups is 1. The van der Waals surface area contributed by atoms with Crippen LogP contribution in [0.15, 0.2) is 67.1 Å². The van der Waals surface area contributed by atoms with Crippen LogP contribution in [-0.2, 0) is 33.8 Å².